The van der Waals surface area contributed by atoms with E-state index in [0.29, 0.717) is 16.2 Å². The van der Waals surface area contributed by atoms with E-state index in [9.17, 15) is 9.59 Å². The summed E-state index contributed by atoms with van der Waals surface area (Å²) in [5, 5.41) is 3.12. The molecule has 2 heterocycles. The molecule has 1 aromatic carbocycles. The Morgan fingerprint density at radius 1 is 1.23 bits per heavy atom. The molecule has 1 N–H and O–H groups in total. The van der Waals surface area contributed by atoms with E-state index >= 15 is 0 Å². The first-order valence-corrected chi connectivity index (χ1v) is 6.98. The first kappa shape index (κ1) is 14.3. The maximum atomic E-state index is 12.4. The van der Waals surface area contributed by atoms with Crippen LogP contribution in [0.15, 0.2) is 53.6 Å². The lowest BCUT2D eigenvalue weighted by Gasteiger charge is -2.07. The summed E-state index contributed by atoms with van der Waals surface area (Å²) >= 11 is 5.79. The zero-order chi connectivity index (χ0) is 15.7. The number of benzene rings is 1. The number of nitrogens with one attached hydrogen (secondary N) is 1. The van der Waals surface area contributed by atoms with Crippen LogP contribution in [0.3, 0.4) is 0 Å². The van der Waals surface area contributed by atoms with Crippen molar-refractivity contribution in [1.82, 2.24) is 9.38 Å². The Labute approximate surface area is 131 Å². The van der Waals surface area contributed by atoms with E-state index < -0.39 is 0 Å². The topological polar surface area (TPSA) is 63.5 Å². The summed E-state index contributed by atoms with van der Waals surface area (Å²) in [5.74, 6) is -0.386. The van der Waals surface area contributed by atoms with Crippen LogP contribution in [0.2, 0.25) is 5.02 Å². The number of rotatable bonds is 2. The van der Waals surface area contributed by atoms with Crippen LogP contribution in [0.5, 0.6) is 0 Å². The zero-order valence-corrected chi connectivity index (χ0v) is 12.5. The molecule has 6 heteroatoms. The summed E-state index contributed by atoms with van der Waals surface area (Å²) < 4.78 is 1.41. The second-order valence-electron chi connectivity index (χ2n) is 4.82. The number of hydrogen-bond donors (Lipinski definition) is 1. The molecule has 0 fully saturated rings. The van der Waals surface area contributed by atoms with Gasteiger partial charge in [0.2, 0.25) is 0 Å². The van der Waals surface area contributed by atoms with E-state index in [0.717, 1.165) is 5.56 Å². The van der Waals surface area contributed by atoms with Crippen LogP contribution in [0.25, 0.3) is 5.65 Å². The van der Waals surface area contributed by atoms with Crippen molar-refractivity contribution in [2.75, 3.05) is 5.32 Å². The molecule has 0 bridgehead atoms. The van der Waals surface area contributed by atoms with Crippen LogP contribution in [0, 0.1) is 6.92 Å². The van der Waals surface area contributed by atoms with Crippen molar-refractivity contribution < 1.29 is 4.79 Å². The maximum absolute atomic E-state index is 12.4. The molecule has 3 rings (SSSR count). The molecular weight excluding hydrogens is 302 g/mol. The van der Waals surface area contributed by atoms with Crippen LogP contribution >= 0.6 is 11.6 Å². The third-order valence-corrected chi connectivity index (χ3v) is 3.53. The van der Waals surface area contributed by atoms with Gasteiger partial charge in [0.05, 0.1) is 6.20 Å². The van der Waals surface area contributed by atoms with Gasteiger partial charge >= 0.3 is 0 Å². The molecule has 0 atom stereocenters. The molecule has 0 unspecified atom stereocenters. The van der Waals surface area contributed by atoms with Gasteiger partial charge in [-0.3, -0.25) is 14.0 Å². The van der Waals surface area contributed by atoms with Crippen molar-refractivity contribution in [3.05, 3.63) is 75.3 Å². The molecule has 0 saturated heterocycles. The fraction of sp³-hybridized carbons (Fsp3) is 0.0625. The van der Waals surface area contributed by atoms with Gasteiger partial charge in [0, 0.05) is 16.8 Å². The number of aryl methyl sites for hydroxylation is 1. The second kappa shape index (κ2) is 5.61. The van der Waals surface area contributed by atoms with Crippen molar-refractivity contribution in [3.63, 3.8) is 0 Å². The van der Waals surface area contributed by atoms with E-state index in [1.165, 1.54) is 10.6 Å². The molecule has 0 saturated carbocycles. The number of hydrogen-bond acceptors (Lipinski definition) is 3. The maximum Gasteiger partial charge on any atom is 0.281 e. The van der Waals surface area contributed by atoms with E-state index in [1.54, 1.807) is 36.5 Å². The van der Waals surface area contributed by atoms with Crippen LogP contribution in [0.4, 0.5) is 5.69 Å². The Kier molecular flexibility index (Phi) is 3.65. The predicted octanol–water partition coefficient (Wildman–Crippen LogP) is 2.91. The first-order chi connectivity index (χ1) is 10.6. The molecule has 0 spiro atoms. The molecule has 3 aromatic rings. The minimum atomic E-state index is -0.386. The Morgan fingerprint density at radius 3 is 2.68 bits per heavy atom. The summed E-state index contributed by atoms with van der Waals surface area (Å²) in [7, 11) is 0. The number of anilines is 1. The lowest BCUT2D eigenvalue weighted by molar-refractivity contribution is 0.102. The summed E-state index contributed by atoms with van der Waals surface area (Å²) in [5.41, 5.74) is 1.67. The molecule has 22 heavy (non-hydrogen) atoms. The minimum absolute atomic E-state index is 0.128. The highest BCUT2D eigenvalue weighted by molar-refractivity contribution is 6.30. The van der Waals surface area contributed by atoms with E-state index in [-0.39, 0.29) is 17.2 Å². The monoisotopic (exact) mass is 313 g/mol. The van der Waals surface area contributed by atoms with Crippen LogP contribution in [-0.4, -0.2) is 15.3 Å². The molecule has 1 amide bonds. The van der Waals surface area contributed by atoms with E-state index in [2.05, 4.69) is 10.3 Å². The lowest BCUT2D eigenvalue weighted by Crippen LogP contribution is -2.23. The summed E-state index contributed by atoms with van der Waals surface area (Å²) in [4.78, 5) is 28.8. The average molecular weight is 314 g/mol. The normalized spacial score (nSPS) is 10.6. The van der Waals surface area contributed by atoms with Crippen LogP contribution in [0.1, 0.15) is 15.9 Å². The van der Waals surface area contributed by atoms with Gasteiger partial charge in [0.15, 0.2) is 0 Å². The SMILES string of the molecule is Cc1cccn2c(=O)c(NC(=O)c3ccc(Cl)cc3)cnc12. The number of fused-ring (bicyclic) bond motifs is 1. The van der Waals surface area contributed by atoms with Crippen LogP contribution in [-0.2, 0) is 0 Å². The fourth-order valence-corrected chi connectivity index (χ4v) is 2.25. The number of halogens is 1. The van der Waals surface area contributed by atoms with Gasteiger partial charge in [0.1, 0.15) is 11.3 Å². The van der Waals surface area contributed by atoms with E-state index in [4.69, 9.17) is 11.6 Å². The molecule has 110 valence electrons. The lowest BCUT2D eigenvalue weighted by atomic mass is 10.2. The summed E-state index contributed by atoms with van der Waals surface area (Å²) in [6, 6.07) is 10.0. The van der Waals surface area contributed by atoms with Gasteiger partial charge in [-0.2, -0.15) is 0 Å². The van der Waals surface area contributed by atoms with Gasteiger partial charge in [-0.1, -0.05) is 17.7 Å². The van der Waals surface area contributed by atoms with Crippen LogP contribution < -0.4 is 10.9 Å². The van der Waals surface area contributed by atoms with Crippen molar-refractivity contribution >= 4 is 28.8 Å². The Hall–Kier alpha value is -2.66. The highest BCUT2D eigenvalue weighted by atomic mass is 35.5. The molecule has 5 nitrogen and oxygen atoms in total. The Morgan fingerprint density at radius 2 is 1.95 bits per heavy atom. The van der Waals surface area contributed by atoms with Crippen molar-refractivity contribution in [1.29, 1.82) is 0 Å². The number of carbonyl (C=O) groups is 1. The molecular formula is C16H12ClN3O2. The standard InChI is InChI=1S/C16H12ClN3O2/c1-10-3-2-8-20-14(10)18-9-13(16(20)22)19-15(21)11-4-6-12(17)7-5-11/h2-9H,1H3,(H,19,21). The van der Waals surface area contributed by atoms with Gasteiger partial charge in [0.25, 0.3) is 11.5 Å². The Balaban J connectivity index is 1.97. The molecule has 0 aliphatic rings. The van der Waals surface area contributed by atoms with E-state index in [1.807, 2.05) is 13.0 Å². The molecule has 0 radical (unpaired) electrons. The zero-order valence-electron chi connectivity index (χ0n) is 11.7. The van der Waals surface area contributed by atoms with Crippen molar-refractivity contribution in [2.24, 2.45) is 0 Å². The third-order valence-electron chi connectivity index (χ3n) is 3.28. The molecule has 2 aromatic heterocycles. The minimum Gasteiger partial charge on any atom is -0.316 e. The summed E-state index contributed by atoms with van der Waals surface area (Å²) in [6.45, 7) is 1.87. The number of nitrogens with zero attached hydrogens (tertiary/aromatic N) is 2. The van der Waals surface area contributed by atoms with Gasteiger partial charge in [-0.25, -0.2) is 4.98 Å². The highest BCUT2D eigenvalue weighted by Crippen LogP contribution is 2.11. The third kappa shape index (κ3) is 2.58. The number of aromatic nitrogens is 2. The van der Waals surface area contributed by atoms with Crippen molar-refractivity contribution in [3.8, 4) is 0 Å². The largest absolute Gasteiger partial charge is 0.316 e. The second-order valence-corrected chi connectivity index (χ2v) is 5.26. The number of carbonyl (C=O) groups excluding carboxylic acids is 1. The van der Waals surface area contributed by atoms with Crippen molar-refractivity contribution in [2.45, 2.75) is 6.92 Å². The predicted molar refractivity (Wildman–Crippen MR) is 85.6 cm³/mol. The van der Waals surface area contributed by atoms with Gasteiger partial charge < -0.3 is 5.32 Å². The molecule has 0 aliphatic heterocycles. The smallest absolute Gasteiger partial charge is 0.281 e. The highest BCUT2D eigenvalue weighted by Gasteiger charge is 2.11. The molecule has 0 aliphatic carbocycles. The quantitative estimate of drug-likeness (QED) is 0.791. The Bertz CT molecular complexity index is 917. The number of pyridine rings is 1. The number of amides is 1. The van der Waals surface area contributed by atoms with Gasteiger partial charge in [-0.15, -0.1) is 0 Å². The first-order valence-electron chi connectivity index (χ1n) is 6.60. The fourth-order valence-electron chi connectivity index (χ4n) is 2.13. The summed E-state index contributed by atoms with van der Waals surface area (Å²) in [6.07, 6.45) is 2.99. The van der Waals surface area contributed by atoms with Gasteiger partial charge in [-0.05, 0) is 42.8 Å². The average Bonchev–Trinajstić information content (AvgIpc) is 2.51.